The molecule has 2 aliphatic rings. The first kappa shape index (κ1) is 21.5. The Morgan fingerprint density at radius 2 is 2.03 bits per heavy atom. The molecular weight excluding hydrogens is 416 g/mol. The van der Waals surface area contributed by atoms with Crippen LogP contribution in [0.25, 0.3) is 0 Å². The highest BCUT2D eigenvalue weighted by molar-refractivity contribution is 7.84. The first-order valence-corrected chi connectivity index (χ1v) is 12.1. The Hall–Kier alpha value is -2.68. The van der Waals surface area contributed by atoms with Gasteiger partial charge in [0, 0.05) is 59.1 Å². The molecule has 3 heterocycles. The Kier molecular flexibility index (Phi) is 5.88. The highest BCUT2D eigenvalue weighted by atomic mass is 32.2. The lowest BCUT2D eigenvalue weighted by Crippen LogP contribution is -2.56. The Morgan fingerprint density at radius 3 is 2.68 bits per heavy atom. The van der Waals surface area contributed by atoms with Gasteiger partial charge in [-0.1, -0.05) is 6.92 Å². The molecule has 1 saturated heterocycles. The molecule has 166 valence electrons. The first-order chi connectivity index (χ1) is 14.8. The number of carbonyl (C=O) groups is 1. The van der Waals surface area contributed by atoms with Gasteiger partial charge in [-0.25, -0.2) is 14.8 Å². The zero-order valence-electron chi connectivity index (χ0n) is 18.1. The van der Waals surface area contributed by atoms with Crippen molar-refractivity contribution in [1.29, 1.82) is 0 Å². The lowest BCUT2D eigenvalue weighted by atomic mass is 9.84. The fourth-order valence-corrected chi connectivity index (χ4v) is 5.02. The maximum absolute atomic E-state index is 11.7. The van der Waals surface area contributed by atoms with Crippen LogP contribution in [0.5, 0.6) is 5.88 Å². The molecule has 4 rings (SSSR count). The number of hydrogen-bond acceptors (Lipinski definition) is 6. The van der Waals surface area contributed by atoms with Crippen molar-refractivity contribution in [2.45, 2.75) is 56.1 Å². The Morgan fingerprint density at radius 1 is 1.29 bits per heavy atom. The second-order valence-electron chi connectivity index (χ2n) is 8.35. The van der Waals surface area contributed by atoms with Gasteiger partial charge in [0.2, 0.25) is 5.88 Å². The minimum atomic E-state index is -1.01. The Balaban J connectivity index is 1.54. The van der Waals surface area contributed by atoms with Gasteiger partial charge in [0.1, 0.15) is 18.2 Å². The summed E-state index contributed by atoms with van der Waals surface area (Å²) in [6, 6.07) is 7.68. The van der Waals surface area contributed by atoms with Gasteiger partial charge in [0.15, 0.2) is 0 Å². The average Bonchev–Trinajstić information content (AvgIpc) is 3.19. The Labute approximate surface area is 184 Å². The molecule has 3 unspecified atom stereocenters. The molecule has 8 nitrogen and oxygen atoms in total. The standard InChI is InChI=1S/C22H28N4O4S/c1-4-22(2)13-16(9-12-26(22)21(27)28)30-20-18-10-11-25(19(18)23-14-24-20)15-5-7-17(8-6-15)31(3)29/h5-8,14,16H,4,9-13H2,1-3H3,(H,27,28). The van der Waals surface area contributed by atoms with E-state index >= 15 is 0 Å². The molecular formula is C22H28N4O4S. The minimum Gasteiger partial charge on any atom is -0.474 e. The molecule has 9 heteroatoms. The normalized spacial score (nSPS) is 24.0. The van der Waals surface area contributed by atoms with Crippen molar-refractivity contribution in [2.24, 2.45) is 0 Å². The summed E-state index contributed by atoms with van der Waals surface area (Å²) in [5.41, 5.74) is 1.52. The molecule has 31 heavy (non-hydrogen) atoms. The second kappa shape index (κ2) is 8.45. The third-order valence-electron chi connectivity index (χ3n) is 6.47. The van der Waals surface area contributed by atoms with Gasteiger partial charge in [-0.3, -0.25) is 4.21 Å². The van der Waals surface area contributed by atoms with Crippen molar-refractivity contribution < 1.29 is 18.8 Å². The lowest BCUT2D eigenvalue weighted by molar-refractivity contribution is 0.00343. The van der Waals surface area contributed by atoms with Crippen LogP contribution in [0.1, 0.15) is 38.7 Å². The monoisotopic (exact) mass is 444 g/mol. The molecule has 1 N–H and O–H groups in total. The molecule has 2 aliphatic heterocycles. The third-order valence-corrected chi connectivity index (χ3v) is 7.41. The van der Waals surface area contributed by atoms with Crippen LogP contribution in [-0.4, -0.2) is 61.3 Å². The first-order valence-electron chi connectivity index (χ1n) is 10.5. The molecule has 1 amide bonds. The number of anilines is 2. The molecule has 0 radical (unpaired) electrons. The van der Waals surface area contributed by atoms with Crippen LogP contribution in [0, 0.1) is 0 Å². The summed E-state index contributed by atoms with van der Waals surface area (Å²) in [5, 5.41) is 9.53. The number of aromatic nitrogens is 2. The highest BCUT2D eigenvalue weighted by Crippen LogP contribution is 2.39. The largest absolute Gasteiger partial charge is 0.474 e. The maximum Gasteiger partial charge on any atom is 0.407 e. The smallest absolute Gasteiger partial charge is 0.407 e. The van der Waals surface area contributed by atoms with E-state index in [1.165, 1.54) is 11.2 Å². The zero-order chi connectivity index (χ0) is 22.2. The third kappa shape index (κ3) is 4.11. The van der Waals surface area contributed by atoms with Crippen molar-refractivity contribution >= 4 is 28.4 Å². The van der Waals surface area contributed by atoms with Crippen LogP contribution in [-0.2, 0) is 17.2 Å². The quantitative estimate of drug-likeness (QED) is 0.753. The maximum atomic E-state index is 11.7. The van der Waals surface area contributed by atoms with Gasteiger partial charge < -0.3 is 19.6 Å². The van der Waals surface area contributed by atoms with E-state index in [0.717, 1.165) is 41.4 Å². The molecule has 0 spiro atoms. The molecule has 3 atom stereocenters. The van der Waals surface area contributed by atoms with Crippen LogP contribution in [0.2, 0.25) is 0 Å². The number of benzene rings is 1. The van der Waals surface area contributed by atoms with Crippen LogP contribution >= 0.6 is 0 Å². The molecule has 2 aromatic rings. The molecule has 1 aromatic heterocycles. The SMILES string of the molecule is CCC1(C)CC(Oc2ncnc3c2CCN3c2ccc(S(C)=O)cc2)CCN1C(=O)O. The number of hydrogen-bond donors (Lipinski definition) is 1. The number of nitrogens with zero attached hydrogens (tertiary/aromatic N) is 4. The minimum absolute atomic E-state index is 0.0904. The summed E-state index contributed by atoms with van der Waals surface area (Å²) in [4.78, 5) is 25.0. The van der Waals surface area contributed by atoms with E-state index in [1.54, 1.807) is 6.26 Å². The van der Waals surface area contributed by atoms with E-state index in [2.05, 4.69) is 14.9 Å². The number of amides is 1. The van der Waals surface area contributed by atoms with Gasteiger partial charge in [0.05, 0.1) is 5.56 Å². The number of fused-ring (bicyclic) bond motifs is 1. The Bertz CT molecular complexity index is 1000. The molecule has 1 fully saturated rings. The van der Waals surface area contributed by atoms with Crippen molar-refractivity contribution in [3.63, 3.8) is 0 Å². The molecule has 1 aromatic carbocycles. The fraction of sp³-hybridized carbons (Fsp3) is 0.500. The number of rotatable bonds is 5. The number of piperidine rings is 1. The van der Waals surface area contributed by atoms with Crippen molar-refractivity contribution in [2.75, 3.05) is 24.2 Å². The highest BCUT2D eigenvalue weighted by Gasteiger charge is 2.41. The van der Waals surface area contributed by atoms with Crippen LogP contribution in [0.15, 0.2) is 35.5 Å². The van der Waals surface area contributed by atoms with E-state index in [0.29, 0.717) is 25.3 Å². The zero-order valence-corrected chi connectivity index (χ0v) is 18.9. The van der Waals surface area contributed by atoms with E-state index in [1.807, 2.05) is 38.1 Å². The predicted molar refractivity (Wildman–Crippen MR) is 119 cm³/mol. The van der Waals surface area contributed by atoms with Crippen LogP contribution in [0.4, 0.5) is 16.3 Å². The number of ether oxygens (including phenoxy) is 1. The summed E-state index contributed by atoms with van der Waals surface area (Å²) in [5.74, 6) is 1.42. The summed E-state index contributed by atoms with van der Waals surface area (Å²) >= 11 is 0. The summed E-state index contributed by atoms with van der Waals surface area (Å²) in [7, 11) is -1.01. The van der Waals surface area contributed by atoms with Crippen LogP contribution in [0.3, 0.4) is 0 Å². The van der Waals surface area contributed by atoms with Gasteiger partial charge in [0.25, 0.3) is 0 Å². The fourth-order valence-electron chi connectivity index (χ4n) is 4.50. The molecule has 0 aliphatic carbocycles. The average molecular weight is 445 g/mol. The van der Waals surface area contributed by atoms with Gasteiger partial charge in [-0.05, 0) is 44.0 Å². The van der Waals surface area contributed by atoms with Crippen molar-refractivity contribution in [3.05, 3.63) is 36.2 Å². The summed E-state index contributed by atoms with van der Waals surface area (Å²) in [6.45, 7) is 5.21. The van der Waals surface area contributed by atoms with E-state index in [4.69, 9.17) is 4.74 Å². The van der Waals surface area contributed by atoms with Crippen molar-refractivity contribution in [3.8, 4) is 5.88 Å². The summed E-state index contributed by atoms with van der Waals surface area (Å²) in [6.07, 6.45) is 4.99. The van der Waals surface area contributed by atoms with Gasteiger partial charge in [-0.2, -0.15) is 0 Å². The van der Waals surface area contributed by atoms with E-state index in [-0.39, 0.29) is 6.10 Å². The van der Waals surface area contributed by atoms with Crippen molar-refractivity contribution in [1.82, 2.24) is 14.9 Å². The second-order valence-corrected chi connectivity index (χ2v) is 9.73. The predicted octanol–water partition coefficient (Wildman–Crippen LogP) is 3.60. The van der Waals surface area contributed by atoms with Crippen LogP contribution < -0.4 is 9.64 Å². The molecule has 0 bridgehead atoms. The lowest BCUT2D eigenvalue weighted by Gasteiger charge is -2.45. The van der Waals surface area contributed by atoms with E-state index < -0.39 is 22.4 Å². The topological polar surface area (TPSA) is 95.9 Å². The molecule has 0 saturated carbocycles. The summed E-state index contributed by atoms with van der Waals surface area (Å²) < 4.78 is 18.0. The van der Waals surface area contributed by atoms with Gasteiger partial charge in [-0.15, -0.1) is 0 Å². The number of carboxylic acid groups (broad SMARTS) is 1. The number of likely N-dealkylation sites (tertiary alicyclic amines) is 1. The van der Waals surface area contributed by atoms with E-state index in [9.17, 15) is 14.1 Å². The van der Waals surface area contributed by atoms with Gasteiger partial charge >= 0.3 is 6.09 Å².